The first-order valence-electron chi connectivity index (χ1n) is 10.1. The lowest BCUT2D eigenvalue weighted by Crippen LogP contribution is -2.18. The maximum Gasteiger partial charge on any atom is 0.248 e. The van der Waals surface area contributed by atoms with Crippen LogP contribution in [0.1, 0.15) is 35.3 Å². The van der Waals surface area contributed by atoms with Crippen LogP contribution in [0.5, 0.6) is 0 Å². The highest BCUT2D eigenvalue weighted by molar-refractivity contribution is 7.89. The van der Waals surface area contributed by atoms with Crippen molar-refractivity contribution in [1.82, 2.24) is 14.7 Å². The molecule has 1 amide bonds. The number of carbonyl (C=O) groups excluding carboxylic acids is 1. The van der Waals surface area contributed by atoms with E-state index in [0.717, 1.165) is 23.2 Å². The summed E-state index contributed by atoms with van der Waals surface area (Å²) in [6.07, 6.45) is 2.80. The second-order valence-electron chi connectivity index (χ2n) is 6.96. The number of nitrogens with two attached hydrogens (primary N) is 1. The summed E-state index contributed by atoms with van der Waals surface area (Å²) < 4.78 is 26.4. The summed E-state index contributed by atoms with van der Waals surface area (Å²) in [5.74, 6) is 0.591. The Labute approximate surface area is 187 Å². The summed E-state index contributed by atoms with van der Waals surface area (Å²) in [6, 6.07) is 11.7. The van der Waals surface area contributed by atoms with Crippen LogP contribution in [0.4, 0.5) is 23.0 Å². The maximum absolute atomic E-state index is 12.0. The number of carbonyl (C=O) groups is 1. The number of aromatic nitrogens is 2. The Morgan fingerprint density at radius 2 is 1.66 bits per heavy atom. The normalized spacial score (nSPS) is 11.2. The predicted molar refractivity (Wildman–Crippen MR) is 125 cm³/mol. The fraction of sp³-hybridized carbons (Fsp3) is 0.227. The summed E-state index contributed by atoms with van der Waals surface area (Å²) in [6.45, 7) is 4.00. The van der Waals surface area contributed by atoms with Crippen molar-refractivity contribution in [1.29, 1.82) is 0 Å². The Bertz CT molecular complexity index is 1240. The number of nitrogens with one attached hydrogen (secondary N) is 3. The number of primary amides is 1. The lowest BCUT2D eigenvalue weighted by atomic mass is 9.95. The topological polar surface area (TPSA) is 139 Å². The van der Waals surface area contributed by atoms with E-state index in [1.165, 1.54) is 25.5 Å². The van der Waals surface area contributed by atoms with Crippen molar-refractivity contribution < 1.29 is 13.2 Å². The first kappa shape index (κ1) is 23.2. The van der Waals surface area contributed by atoms with Crippen molar-refractivity contribution in [2.75, 3.05) is 17.7 Å². The number of anilines is 4. The average Bonchev–Trinajstić information content (AvgIpc) is 2.78. The molecule has 0 atom stereocenters. The van der Waals surface area contributed by atoms with Crippen LogP contribution in [0.3, 0.4) is 0 Å². The van der Waals surface area contributed by atoms with Gasteiger partial charge in [0, 0.05) is 23.0 Å². The van der Waals surface area contributed by atoms with Gasteiger partial charge < -0.3 is 16.4 Å². The van der Waals surface area contributed by atoms with Gasteiger partial charge in [0.15, 0.2) is 0 Å². The molecule has 1 aromatic heterocycles. The smallest absolute Gasteiger partial charge is 0.248 e. The predicted octanol–water partition coefficient (Wildman–Crippen LogP) is 3.10. The van der Waals surface area contributed by atoms with Crippen LogP contribution in [0.25, 0.3) is 0 Å². The summed E-state index contributed by atoms with van der Waals surface area (Å²) >= 11 is 0. The van der Waals surface area contributed by atoms with Crippen molar-refractivity contribution in [3.8, 4) is 0 Å². The minimum absolute atomic E-state index is 0.145. The number of sulfonamides is 1. The molecule has 0 bridgehead atoms. The summed E-state index contributed by atoms with van der Waals surface area (Å²) in [4.78, 5) is 20.4. The SMILES string of the molecule is CCc1c(Nc2cc(Nc3cccc(S(=O)(=O)NC)c3)ncn2)ccc(C(N)=O)c1CC. The molecule has 10 heteroatoms. The minimum Gasteiger partial charge on any atom is -0.366 e. The maximum atomic E-state index is 12.0. The van der Waals surface area contributed by atoms with Gasteiger partial charge in [0.1, 0.15) is 18.0 Å². The van der Waals surface area contributed by atoms with Crippen molar-refractivity contribution in [2.24, 2.45) is 5.73 Å². The third-order valence-electron chi connectivity index (χ3n) is 5.02. The van der Waals surface area contributed by atoms with Gasteiger partial charge in [0.25, 0.3) is 0 Å². The van der Waals surface area contributed by atoms with Crippen LogP contribution in [-0.4, -0.2) is 31.3 Å². The second-order valence-corrected chi connectivity index (χ2v) is 8.85. The molecular weight excluding hydrogens is 428 g/mol. The van der Waals surface area contributed by atoms with Gasteiger partial charge in [-0.05, 0) is 61.3 Å². The van der Waals surface area contributed by atoms with E-state index in [0.29, 0.717) is 29.3 Å². The van der Waals surface area contributed by atoms with Crippen LogP contribution in [0.2, 0.25) is 0 Å². The van der Waals surface area contributed by atoms with Crippen LogP contribution in [0.15, 0.2) is 53.7 Å². The molecule has 0 aliphatic heterocycles. The standard InChI is InChI=1S/C22H26N6O3S/c1-4-16-17(5-2)19(10-9-18(16)22(23)29)28-21-12-20(25-13-26-21)27-14-7-6-8-15(11-14)32(30,31)24-3/h6-13,24H,4-5H2,1-3H3,(H2,23,29)(H2,25,26,27,28). The monoisotopic (exact) mass is 454 g/mol. The quantitative estimate of drug-likeness (QED) is 0.389. The number of amides is 1. The fourth-order valence-electron chi connectivity index (χ4n) is 3.49. The average molecular weight is 455 g/mol. The van der Waals surface area contributed by atoms with Crippen LogP contribution in [0, 0.1) is 0 Å². The zero-order valence-corrected chi connectivity index (χ0v) is 19.0. The second kappa shape index (κ2) is 9.75. The molecule has 9 nitrogen and oxygen atoms in total. The summed E-state index contributed by atoms with van der Waals surface area (Å²) in [5, 5.41) is 6.38. The molecule has 0 radical (unpaired) electrons. The Hall–Kier alpha value is -3.50. The van der Waals surface area contributed by atoms with Gasteiger partial charge in [-0.1, -0.05) is 19.9 Å². The highest BCUT2D eigenvalue weighted by Crippen LogP contribution is 2.28. The van der Waals surface area contributed by atoms with E-state index in [9.17, 15) is 13.2 Å². The van der Waals surface area contributed by atoms with E-state index in [1.54, 1.807) is 24.3 Å². The number of hydrogen-bond donors (Lipinski definition) is 4. The third-order valence-corrected chi connectivity index (χ3v) is 6.43. The van der Waals surface area contributed by atoms with Gasteiger partial charge in [-0.15, -0.1) is 0 Å². The first-order valence-corrected chi connectivity index (χ1v) is 11.6. The molecule has 0 spiro atoms. The minimum atomic E-state index is -3.55. The van der Waals surface area contributed by atoms with Gasteiger partial charge in [0.05, 0.1) is 4.90 Å². The molecule has 0 unspecified atom stereocenters. The molecule has 0 fully saturated rings. The molecule has 1 heterocycles. The number of rotatable bonds is 9. The van der Waals surface area contributed by atoms with Gasteiger partial charge in [-0.2, -0.15) is 0 Å². The zero-order chi connectivity index (χ0) is 23.3. The van der Waals surface area contributed by atoms with E-state index in [4.69, 9.17) is 5.73 Å². The molecule has 0 saturated heterocycles. The highest BCUT2D eigenvalue weighted by Gasteiger charge is 2.15. The van der Waals surface area contributed by atoms with Gasteiger partial charge in [-0.25, -0.2) is 23.1 Å². The van der Waals surface area contributed by atoms with Crippen LogP contribution < -0.4 is 21.1 Å². The lowest BCUT2D eigenvalue weighted by molar-refractivity contribution is 0.0999. The third kappa shape index (κ3) is 5.04. The highest BCUT2D eigenvalue weighted by atomic mass is 32.2. The molecule has 0 aliphatic carbocycles. The van der Waals surface area contributed by atoms with E-state index in [1.807, 2.05) is 19.9 Å². The molecule has 32 heavy (non-hydrogen) atoms. The Kier molecular flexibility index (Phi) is 7.06. The first-order chi connectivity index (χ1) is 15.3. The number of hydrogen-bond acceptors (Lipinski definition) is 7. The number of benzene rings is 2. The summed E-state index contributed by atoms with van der Waals surface area (Å²) in [5.41, 5.74) is 9.37. The van der Waals surface area contributed by atoms with Crippen molar-refractivity contribution in [3.05, 3.63) is 65.5 Å². The molecular formula is C22H26N6O3S. The molecule has 3 rings (SSSR count). The van der Waals surface area contributed by atoms with Crippen molar-refractivity contribution in [2.45, 2.75) is 31.6 Å². The van der Waals surface area contributed by atoms with Gasteiger partial charge in [-0.3, -0.25) is 4.79 Å². The molecule has 5 N–H and O–H groups in total. The Balaban J connectivity index is 1.88. The Morgan fingerprint density at radius 3 is 2.28 bits per heavy atom. The van der Waals surface area contributed by atoms with E-state index in [-0.39, 0.29) is 4.90 Å². The molecule has 0 aliphatic rings. The van der Waals surface area contributed by atoms with Crippen LogP contribution in [-0.2, 0) is 22.9 Å². The molecule has 3 aromatic rings. The van der Waals surface area contributed by atoms with E-state index in [2.05, 4.69) is 25.3 Å². The largest absolute Gasteiger partial charge is 0.366 e. The molecule has 168 valence electrons. The fourth-order valence-corrected chi connectivity index (χ4v) is 4.26. The molecule has 2 aromatic carbocycles. The molecule has 0 saturated carbocycles. The van der Waals surface area contributed by atoms with Crippen molar-refractivity contribution >= 4 is 38.9 Å². The van der Waals surface area contributed by atoms with E-state index >= 15 is 0 Å². The van der Waals surface area contributed by atoms with Crippen LogP contribution >= 0.6 is 0 Å². The Morgan fingerprint density at radius 1 is 0.969 bits per heavy atom. The lowest BCUT2D eigenvalue weighted by Gasteiger charge is -2.17. The van der Waals surface area contributed by atoms with Crippen molar-refractivity contribution in [3.63, 3.8) is 0 Å². The van der Waals surface area contributed by atoms with Gasteiger partial charge in [0.2, 0.25) is 15.9 Å². The number of nitrogens with zero attached hydrogens (tertiary/aromatic N) is 2. The van der Waals surface area contributed by atoms with E-state index < -0.39 is 15.9 Å². The summed E-state index contributed by atoms with van der Waals surface area (Å²) in [7, 11) is -2.19. The zero-order valence-electron chi connectivity index (χ0n) is 18.1. The van der Waals surface area contributed by atoms with Gasteiger partial charge >= 0.3 is 0 Å².